The van der Waals surface area contributed by atoms with Crippen LogP contribution in [0.3, 0.4) is 0 Å². The lowest BCUT2D eigenvalue weighted by molar-refractivity contribution is 0.953. The first-order chi connectivity index (χ1) is 32.7. The van der Waals surface area contributed by atoms with E-state index in [0.717, 1.165) is 0 Å². The summed E-state index contributed by atoms with van der Waals surface area (Å²) in [5, 5.41) is 2.27. The Morgan fingerprint density at radius 2 is 0.900 bits per heavy atom. The summed E-state index contributed by atoms with van der Waals surface area (Å²) in [6, 6.07) is 3.79. The van der Waals surface area contributed by atoms with Crippen molar-refractivity contribution >= 4 is 43.6 Å². The standard InChI is InChI=1S/C45H29N5/c1-4-15-30(16-5-1)32-19-14-20-33(29-32)44-46-43(31-17-6-2-7-18-31)47-45(48-44)50-40-26-13-11-24-36(40)38-28-27-37-35-23-10-12-25-39(35)49(41(37)42(38)50)34-21-8-3-9-22-34/h1-29H/i1D,2D,3D,4D,5D,6D,7D,8D,9D,14D,15D,16D,17D,18D,19D,20D,21D,22D,29D. The molecule has 234 valence electrons. The molecule has 3 aromatic heterocycles. The number of fused-ring (bicyclic) bond motifs is 7. The summed E-state index contributed by atoms with van der Waals surface area (Å²) in [6.07, 6.45) is 0. The van der Waals surface area contributed by atoms with Crippen LogP contribution in [0.5, 0.6) is 0 Å². The number of rotatable bonds is 5. The average Bonchev–Trinajstić information content (AvgIpc) is 3.86. The fraction of sp³-hybridized carbons (Fsp3) is 0. The summed E-state index contributed by atoms with van der Waals surface area (Å²) in [5.74, 6) is -1.54. The van der Waals surface area contributed by atoms with E-state index >= 15 is 0 Å². The van der Waals surface area contributed by atoms with Gasteiger partial charge in [-0.1, -0.05) is 145 Å². The van der Waals surface area contributed by atoms with Crippen molar-refractivity contribution < 1.29 is 26.0 Å². The SMILES string of the molecule is [2H]c1c([2H])c([2H])c(-c2nc(-c3c([2H])c([2H])c([2H])c(-c4c([2H])c([2H])c([2H])c([2H])c4[2H])c3[2H])nc(-n3c4ccccc4c4ccc5c6ccccc6n(-c6c([2H])c([2H])c([2H])c([2H])c6[2H])c5c43)n2)c([2H])c1[2H]. The van der Waals surface area contributed by atoms with Crippen molar-refractivity contribution in [1.82, 2.24) is 24.1 Å². The molecular formula is C45H29N5. The Labute approximate surface area is 315 Å². The van der Waals surface area contributed by atoms with E-state index in [1.807, 2.05) is 12.1 Å². The van der Waals surface area contributed by atoms with E-state index in [4.69, 9.17) is 33.3 Å². The Balaban J connectivity index is 1.42. The summed E-state index contributed by atoms with van der Waals surface area (Å²) >= 11 is 0. The molecule has 5 nitrogen and oxygen atoms in total. The van der Waals surface area contributed by atoms with Crippen molar-refractivity contribution in [2.45, 2.75) is 0 Å². The molecule has 0 amide bonds. The Kier molecular flexibility index (Phi) is 3.45. The van der Waals surface area contributed by atoms with Crippen LogP contribution >= 0.6 is 0 Å². The fourth-order valence-electron chi connectivity index (χ4n) is 6.30. The van der Waals surface area contributed by atoms with E-state index in [1.165, 1.54) is 9.13 Å². The maximum absolute atomic E-state index is 9.53. The van der Waals surface area contributed by atoms with Crippen molar-refractivity contribution in [3.63, 3.8) is 0 Å². The molecule has 10 rings (SSSR count). The van der Waals surface area contributed by atoms with Gasteiger partial charge in [-0.05, 0) is 41.4 Å². The largest absolute Gasteiger partial charge is 0.307 e. The van der Waals surface area contributed by atoms with E-state index in [-0.39, 0.29) is 17.2 Å². The molecule has 0 saturated carbocycles. The lowest BCUT2D eigenvalue weighted by Gasteiger charge is -2.13. The highest BCUT2D eigenvalue weighted by molar-refractivity contribution is 6.23. The van der Waals surface area contributed by atoms with Gasteiger partial charge in [-0.15, -0.1) is 0 Å². The van der Waals surface area contributed by atoms with Gasteiger partial charge in [0, 0.05) is 38.4 Å². The van der Waals surface area contributed by atoms with E-state index in [0.29, 0.717) is 38.1 Å². The molecule has 0 unspecified atom stereocenters. The van der Waals surface area contributed by atoms with Crippen LogP contribution in [-0.4, -0.2) is 24.1 Å². The van der Waals surface area contributed by atoms with Gasteiger partial charge in [0.05, 0.1) is 48.1 Å². The topological polar surface area (TPSA) is 48.5 Å². The number of hydrogen-bond donors (Lipinski definition) is 0. The van der Waals surface area contributed by atoms with Crippen LogP contribution in [0.25, 0.3) is 89.2 Å². The average molecular weight is 659 g/mol. The van der Waals surface area contributed by atoms with Gasteiger partial charge in [-0.2, -0.15) is 9.97 Å². The number of benzene rings is 7. The Bertz CT molecular complexity index is 3890. The third kappa shape index (κ3) is 4.45. The van der Waals surface area contributed by atoms with Crippen LogP contribution in [0.1, 0.15) is 26.0 Å². The summed E-state index contributed by atoms with van der Waals surface area (Å²) < 4.78 is 169. The first kappa shape index (κ1) is 15.1. The second-order valence-corrected chi connectivity index (χ2v) is 11.1. The molecule has 0 bridgehead atoms. The van der Waals surface area contributed by atoms with Gasteiger partial charge in [-0.3, -0.25) is 4.57 Å². The molecule has 0 fully saturated rings. The second kappa shape index (κ2) is 11.4. The molecule has 3 heterocycles. The molecule has 0 aliphatic carbocycles. The van der Waals surface area contributed by atoms with Gasteiger partial charge < -0.3 is 4.57 Å². The molecular weight excluding hydrogens is 611 g/mol. The Morgan fingerprint density at radius 1 is 0.400 bits per heavy atom. The predicted octanol–water partition coefficient (Wildman–Crippen LogP) is 11.1. The molecule has 0 atom stereocenters. The van der Waals surface area contributed by atoms with Crippen LogP contribution in [-0.2, 0) is 0 Å². The Morgan fingerprint density at radius 3 is 1.56 bits per heavy atom. The number of aromatic nitrogens is 5. The third-order valence-corrected chi connectivity index (χ3v) is 8.32. The van der Waals surface area contributed by atoms with Gasteiger partial charge in [0.15, 0.2) is 11.6 Å². The minimum absolute atomic E-state index is 0.191. The molecule has 0 radical (unpaired) electrons. The van der Waals surface area contributed by atoms with Crippen molar-refractivity contribution in [3.05, 3.63) is 175 Å². The quantitative estimate of drug-likeness (QED) is 0.185. The summed E-state index contributed by atoms with van der Waals surface area (Å²) in [5.41, 5.74) is -1.15. The lowest BCUT2D eigenvalue weighted by Crippen LogP contribution is -2.07. The second-order valence-electron chi connectivity index (χ2n) is 11.1. The molecule has 0 aliphatic rings. The minimum atomic E-state index is -0.851. The molecule has 0 spiro atoms. The zero-order valence-electron chi connectivity index (χ0n) is 44.5. The van der Waals surface area contributed by atoms with E-state index in [9.17, 15) is 2.74 Å². The normalized spacial score (nSPS) is 16.9. The first-order valence-corrected chi connectivity index (χ1v) is 15.2. The molecule has 5 heteroatoms. The van der Waals surface area contributed by atoms with Crippen LogP contribution in [0, 0.1) is 0 Å². The van der Waals surface area contributed by atoms with Crippen LogP contribution in [0.15, 0.2) is 175 Å². The fourth-order valence-corrected chi connectivity index (χ4v) is 6.30. The molecule has 10 aromatic rings. The van der Waals surface area contributed by atoms with Crippen molar-refractivity contribution in [2.75, 3.05) is 0 Å². The first-order valence-electron chi connectivity index (χ1n) is 24.7. The van der Waals surface area contributed by atoms with Crippen molar-refractivity contribution in [2.24, 2.45) is 0 Å². The van der Waals surface area contributed by atoms with Gasteiger partial charge in [0.25, 0.3) is 0 Å². The van der Waals surface area contributed by atoms with Crippen LogP contribution < -0.4 is 0 Å². The highest BCUT2D eigenvalue weighted by atomic mass is 15.2. The zero-order valence-corrected chi connectivity index (χ0v) is 25.5. The van der Waals surface area contributed by atoms with E-state index < -0.39 is 149 Å². The van der Waals surface area contributed by atoms with Crippen molar-refractivity contribution in [3.8, 4) is 45.5 Å². The summed E-state index contributed by atoms with van der Waals surface area (Å²) in [7, 11) is 0. The van der Waals surface area contributed by atoms with E-state index in [1.54, 1.807) is 48.5 Å². The molecule has 50 heavy (non-hydrogen) atoms. The Hall–Kier alpha value is -6.85. The lowest BCUT2D eigenvalue weighted by atomic mass is 10.0. The maximum atomic E-state index is 9.53. The highest BCUT2D eigenvalue weighted by Gasteiger charge is 2.23. The van der Waals surface area contributed by atoms with Crippen LogP contribution in [0.2, 0.25) is 0 Å². The molecule has 0 N–H and O–H groups in total. The number of para-hydroxylation sites is 3. The molecule has 0 saturated heterocycles. The van der Waals surface area contributed by atoms with Gasteiger partial charge in [0.2, 0.25) is 5.95 Å². The van der Waals surface area contributed by atoms with Crippen LogP contribution in [0.4, 0.5) is 0 Å². The van der Waals surface area contributed by atoms with Gasteiger partial charge in [-0.25, -0.2) is 4.98 Å². The minimum Gasteiger partial charge on any atom is -0.307 e. The molecule has 7 aromatic carbocycles. The maximum Gasteiger partial charge on any atom is 0.238 e. The monoisotopic (exact) mass is 658 g/mol. The molecule has 0 aliphatic heterocycles. The predicted molar refractivity (Wildman–Crippen MR) is 205 cm³/mol. The summed E-state index contributed by atoms with van der Waals surface area (Å²) in [4.78, 5) is 14.1. The van der Waals surface area contributed by atoms with Gasteiger partial charge in [0.1, 0.15) is 0 Å². The third-order valence-electron chi connectivity index (χ3n) is 8.32. The van der Waals surface area contributed by atoms with Gasteiger partial charge >= 0.3 is 0 Å². The van der Waals surface area contributed by atoms with E-state index in [2.05, 4.69) is 4.98 Å². The highest BCUT2D eigenvalue weighted by Crippen LogP contribution is 2.41. The number of hydrogen-bond acceptors (Lipinski definition) is 3. The number of nitrogens with zero attached hydrogens (tertiary/aromatic N) is 5. The van der Waals surface area contributed by atoms with Crippen molar-refractivity contribution in [1.29, 1.82) is 0 Å². The summed E-state index contributed by atoms with van der Waals surface area (Å²) in [6.45, 7) is 0. The smallest absolute Gasteiger partial charge is 0.238 e. The zero-order chi connectivity index (χ0) is 49.6.